The first-order valence-electron chi connectivity index (χ1n) is 6.78. The number of ether oxygens (including phenoxy) is 2. The van der Waals surface area contributed by atoms with Crippen LogP contribution in [0.2, 0.25) is 0 Å². The zero-order chi connectivity index (χ0) is 13.3. The summed E-state index contributed by atoms with van der Waals surface area (Å²) in [5.74, 6) is -0.0840. The van der Waals surface area contributed by atoms with Gasteiger partial charge in [-0.05, 0) is 31.2 Å². The van der Waals surface area contributed by atoms with Gasteiger partial charge in [0.1, 0.15) is 6.61 Å². The molecule has 1 aromatic heterocycles. The van der Waals surface area contributed by atoms with E-state index in [4.69, 9.17) is 9.47 Å². The van der Waals surface area contributed by atoms with Gasteiger partial charge in [0.05, 0.1) is 18.9 Å². The Morgan fingerprint density at radius 1 is 1.58 bits per heavy atom. The number of amides is 1. The van der Waals surface area contributed by atoms with Crippen molar-refractivity contribution >= 4 is 5.91 Å². The molecule has 0 spiro atoms. The number of aromatic nitrogens is 2. The van der Waals surface area contributed by atoms with Crippen LogP contribution in [-0.2, 0) is 20.7 Å². The first kappa shape index (κ1) is 14.0. The highest BCUT2D eigenvalue weighted by molar-refractivity contribution is 5.77. The smallest absolute Gasteiger partial charge is 0.246 e. The van der Waals surface area contributed by atoms with Crippen molar-refractivity contribution in [1.29, 1.82) is 0 Å². The van der Waals surface area contributed by atoms with Crippen LogP contribution >= 0.6 is 0 Å². The van der Waals surface area contributed by atoms with Crippen molar-refractivity contribution in [2.75, 3.05) is 26.4 Å². The topological polar surface area (TPSA) is 76.2 Å². The fraction of sp³-hybridized carbons (Fsp3) is 0.692. The van der Waals surface area contributed by atoms with Crippen LogP contribution in [0.3, 0.4) is 0 Å². The minimum atomic E-state index is -0.0840. The van der Waals surface area contributed by atoms with E-state index >= 15 is 0 Å². The summed E-state index contributed by atoms with van der Waals surface area (Å²) < 4.78 is 10.9. The fourth-order valence-corrected chi connectivity index (χ4v) is 2.03. The van der Waals surface area contributed by atoms with Crippen LogP contribution in [0, 0.1) is 0 Å². The Kier molecular flexibility index (Phi) is 5.84. The van der Waals surface area contributed by atoms with Crippen LogP contribution in [0.5, 0.6) is 0 Å². The summed E-state index contributed by atoms with van der Waals surface area (Å²) in [5, 5.41) is 9.39. The van der Waals surface area contributed by atoms with Crippen LogP contribution in [0.4, 0.5) is 0 Å². The molecular formula is C13H21N3O3. The van der Waals surface area contributed by atoms with Crippen LogP contribution < -0.4 is 5.32 Å². The number of hydrogen-bond donors (Lipinski definition) is 2. The van der Waals surface area contributed by atoms with Crippen molar-refractivity contribution in [3.05, 3.63) is 18.0 Å². The van der Waals surface area contributed by atoms with E-state index in [0.717, 1.165) is 31.4 Å². The number of nitrogens with one attached hydrogen (secondary N) is 2. The number of aromatic amines is 1. The van der Waals surface area contributed by atoms with E-state index in [-0.39, 0.29) is 18.6 Å². The molecule has 0 saturated carbocycles. The Bertz CT molecular complexity index is 361. The molecule has 0 unspecified atom stereocenters. The van der Waals surface area contributed by atoms with Gasteiger partial charge in [-0.25, -0.2) is 0 Å². The Morgan fingerprint density at radius 3 is 3.26 bits per heavy atom. The first-order chi connectivity index (χ1) is 9.34. The number of nitrogens with zero attached hydrogens (tertiary/aromatic N) is 1. The predicted molar refractivity (Wildman–Crippen MR) is 69.7 cm³/mol. The minimum Gasteiger partial charge on any atom is -0.376 e. The van der Waals surface area contributed by atoms with Gasteiger partial charge in [0.2, 0.25) is 5.91 Å². The van der Waals surface area contributed by atoms with E-state index in [9.17, 15) is 4.79 Å². The molecule has 2 heterocycles. The molecule has 1 atom stereocenters. The van der Waals surface area contributed by atoms with Gasteiger partial charge in [0, 0.05) is 19.3 Å². The number of carbonyl (C=O) groups excluding carboxylic acids is 1. The average Bonchev–Trinajstić information content (AvgIpc) is 2.93. The number of carbonyl (C=O) groups is 1. The zero-order valence-electron chi connectivity index (χ0n) is 11.1. The molecule has 6 nitrogen and oxygen atoms in total. The number of H-pyrrole nitrogens is 1. The minimum absolute atomic E-state index is 0.0840. The summed E-state index contributed by atoms with van der Waals surface area (Å²) in [7, 11) is 0. The number of rotatable bonds is 7. The Morgan fingerprint density at radius 2 is 2.53 bits per heavy atom. The normalized spacial score (nSPS) is 19.3. The molecule has 0 radical (unpaired) electrons. The molecule has 19 heavy (non-hydrogen) atoms. The Balaban J connectivity index is 1.49. The first-order valence-corrected chi connectivity index (χ1v) is 6.78. The standard InChI is InChI=1S/C13H21N3O3/c17-13(14-5-4-11-7-15-16-8-11)10-18-9-12-3-1-2-6-19-12/h7-8,12H,1-6,9-10H2,(H,14,17)(H,15,16)/t12-/m0/s1. The third kappa shape index (κ3) is 5.40. The van der Waals surface area contributed by atoms with E-state index in [1.54, 1.807) is 6.20 Å². The van der Waals surface area contributed by atoms with E-state index < -0.39 is 0 Å². The molecule has 0 aliphatic carbocycles. The molecule has 2 N–H and O–H groups in total. The van der Waals surface area contributed by atoms with E-state index in [0.29, 0.717) is 13.2 Å². The second-order valence-electron chi connectivity index (χ2n) is 4.71. The van der Waals surface area contributed by atoms with Gasteiger partial charge in [0.15, 0.2) is 0 Å². The van der Waals surface area contributed by atoms with Gasteiger partial charge in [-0.15, -0.1) is 0 Å². The predicted octanol–water partition coefficient (Wildman–Crippen LogP) is 0.654. The average molecular weight is 267 g/mol. The monoisotopic (exact) mass is 267 g/mol. The number of hydrogen-bond acceptors (Lipinski definition) is 4. The van der Waals surface area contributed by atoms with Gasteiger partial charge < -0.3 is 14.8 Å². The van der Waals surface area contributed by atoms with Crippen LogP contribution in [0.25, 0.3) is 0 Å². The molecule has 1 saturated heterocycles. The van der Waals surface area contributed by atoms with Crippen LogP contribution in [0.1, 0.15) is 24.8 Å². The summed E-state index contributed by atoms with van der Waals surface area (Å²) >= 11 is 0. The Hall–Kier alpha value is -1.40. The second kappa shape index (κ2) is 7.91. The summed E-state index contributed by atoms with van der Waals surface area (Å²) in [6.07, 6.45) is 7.85. The van der Waals surface area contributed by atoms with Crippen molar-refractivity contribution < 1.29 is 14.3 Å². The molecule has 0 aromatic carbocycles. The van der Waals surface area contributed by atoms with E-state index in [2.05, 4.69) is 15.5 Å². The Labute approximate surface area is 112 Å². The molecule has 1 aromatic rings. The summed E-state index contributed by atoms with van der Waals surface area (Å²) in [6.45, 7) is 2.02. The quantitative estimate of drug-likeness (QED) is 0.760. The van der Waals surface area contributed by atoms with E-state index in [1.807, 2.05) is 6.20 Å². The van der Waals surface area contributed by atoms with Gasteiger partial charge in [-0.2, -0.15) is 5.10 Å². The molecule has 1 amide bonds. The van der Waals surface area contributed by atoms with Crippen molar-refractivity contribution in [3.63, 3.8) is 0 Å². The van der Waals surface area contributed by atoms with Gasteiger partial charge in [-0.3, -0.25) is 9.89 Å². The van der Waals surface area contributed by atoms with Crippen molar-refractivity contribution in [2.45, 2.75) is 31.8 Å². The zero-order valence-corrected chi connectivity index (χ0v) is 11.1. The molecule has 6 heteroatoms. The van der Waals surface area contributed by atoms with Gasteiger partial charge >= 0.3 is 0 Å². The van der Waals surface area contributed by atoms with Crippen molar-refractivity contribution in [1.82, 2.24) is 15.5 Å². The van der Waals surface area contributed by atoms with Crippen LogP contribution in [-0.4, -0.2) is 48.6 Å². The lowest BCUT2D eigenvalue weighted by molar-refractivity contribution is -0.127. The lowest BCUT2D eigenvalue weighted by Gasteiger charge is -2.22. The summed E-state index contributed by atoms with van der Waals surface area (Å²) in [6, 6.07) is 0. The maximum Gasteiger partial charge on any atom is 0.246 e. The highest BCUT2D eigenvalue weighted by Crippen LogP contribution is 2.12. The fourth-order valence-electron chi connectivity index (χ4n) is 2.03. The highest BCUT2D eigenvalue weighted by Gasteiger charge is 2.14. The molecule has 1 aliphatic rings. The molecular weight excluding hydrogens is 246 g/mol. The molecule has 1 fully saturated rings. The molecule has 2 rings (SSSR count). The summed E-state index contributed by atoms with van der Waals surface area (Å²) in [4.78, 5) is 11.5. The third-order valence-corrected chi connectivity index (χ3v) is 3.10. The van der Waals surface area contributed by atoms with Gasteiger partial charge in [0.25, 0.3) is 0 Å². The van der Waals surface area contributed by atoms with Gasteiger partial charge in [-0.1, -0.05) is 0 Å². The maximum absolute atomic E-state index is 11.5. The highest BCUT2D eigenvalue weighted by atomic mass is 16.5. The van der Waals surface area contributed by atoms with Crippen molar-refractivity contribution in [3.8, 4) is 0 Å². The molecule has 1 aliphatic heterocycles. The third-order valence-electron chi connectivity index (χ3n) is 3.10. The van der Waals surface area contributed by atoms with Crippen molar-refractivity contribution in [2.24, 2.45) is 0 Å². The maximum atomic E-state index is 11.5. The molecule has 106 valence electrons. The largest absolute Gasteiger partial charge is 0.376 e. The summed E-state index contributed by atoms with van der Waals surface area (Å²) in [5.41, 5.74) is 1.08. The molecule has 0 bridgehead atoms. The van der Waals surface area contributed by atoms with Crippen LogP contribution in [0.15, 0.2) is 12.4 Å². The SMILES string of the molecule is O=C(COC[C@@H]1CCCCO1)NCCc1cn[nH]c1. The van der Waals surface area contributed by atoms with E-state index in [1.165, 1.54) is 6.42 Å². The lowest BCUT2D eigenvalue weighted by Crippen LogP contribution is -2.32. The second-order valence-corrected chi connectivity index (χ2v) is 4.71. The lowest BCUT2D eigenvalue weighted by atomic mass is 10.1.